The van der Waals surface area contributed by atoms with Gasteiger partial charge in [-0.2, -0.15) is 5.10 Å². The van der Waals surface area contributed by atoms with Gasteiger partial charge in [-0.3, -0.25) is 4.57 Å². The fraction of sp³-hybridized carbons (Fsp3) is 0.167. The lowest BCUT2D eigenvalue weighted by Crippen LogP contribution is -2.04. The molecule has 3 rings (SSSR count). The third-order valence-electron chi connectivity index (χ3n) is 3.04. The van der Waals surface area contributed by atoms with E-state index in [0.29, 0.717) is 11.2 Å². The summed E-state index contributed by atoms with van der Waals surface area (Å²) in [6.45, 7) is 1.81. The summed E-state index contributed by atoms with van der Waals surface area (Å²) >= 11 is 11.2. The zero-order valence-electron chi connectivity index (χ0n) is 10.5. The summed E-state index contributed by atoms with van der Waals surface area (Å²) in [7, 11) is 1.71. The van der Waals surface area contributed by atoms with E-state index in [1.807, 2.05) is 0 Å². The van der Waals surface area contributed by atoms with Crippen LogP contribution in [0.2, 0.25) is 5.02 Å². The fourth-order valence-electron chi connectivity index (χ4n) is 2.26. The molecular weight excluding hydrogens is 306 g/mol. The van der Waals surface area contributed by atoms with Crippen LogP contribution < -0.4 is 0 Å². The summed E-state index contributed by atoms with van der Waals surface area (Å²) in [5, 5.41) is 4.18. The monoisotopic (exact) mass is 314 g/mol. The molecule has 104 valence electrons. The average molecular weight is 315 g/mol. The minimum atomic E-state index is -0.786. The van der Waals surface area contributed by atoms with Crippen LogP contribution in [0.4, 0.5) is 8.78 Å². The van der Waals surface area contributed by atoms with Crippen LogP contribution in [0.1, 0.15) is 5.69 Å². The van der Waals surface area contributed by atoms with E-state index in [9.17, 15) is 8.78 Å². The molecule has 0 fully saturated rings. The number of aromatic nitrogens is 4. The van der Waals surface area contributed by atoms with E-state index in [-0.39, 0.29) is 15.5 Å². The molecule has 2 aromatic heterocycles. The molecule has 0 atom stereocenters. The van der Waals surface area contributed by atoms with Gasteiger partial charge in [0.2, 0.25) is 0 Å². The second-order valence-corrected chi connectivity index (χ2v) is 5.19. The molecule has 4 nitrogen and oxygen atoms in total. The van der Waals surface area contributed by atoms with Crippen molar-refractivity contribution >= 4 is 35.0 Å². The number of halogens is 3. The Balaban J connectivity index is 2.47. The average Bonchev–Trinajstić information content (AvgIpc) is 2.78. The summed E-state index contributed by atoms with van der Waals surface area (Å²) in [5.41, 5.74) is 2.00. The molecule has 0 aliphatic carbocycles. The molecule has 0 amide bonds. The van der Waals surface area contributed by atoms with Crippen LogP contribution in [0.5, 0.6) is 0 Å². The van der Waals surface area contributed by atoms with Gasteiger partial charge in [0.05, 0.1) is 10.7 Å². The highest BCUT2D eigenvalue weighted by molar-refractivity contribution is 7.71. The van der Waals surface area contributed by atoms with Crippen molar-refractivity contribution in [2.75, 3.05) is 0 Å². The number of imidazole rings is 1. The van der Waals surface area contributed by atoms with Crippen LogP contribution >= 0.6 is 23.8 Å². The van der Waals surface area contributed by atoms with E-state index in [1.54, 1.807) is 18.7 Å². The first-order valence-corrected chi connectivity index (χ1v) is 6.48. The van der Waals surface area contributed by atoms with E-state index >= 15 is 0 Å². The number of benzene rings is 1. The predicted octanol–water partition coefficient (Wildman–Crippen LogP) is 3.66. The van der Waals surface area contributed by atoms with Gasteiger partial charge in [-0.25, -0.2) is 13.5 Å². The molecule has 0 spiro atoms. The first-order chi connectivity index (χ1) is 9.40. The van der Waals surface area contributed by atoms with Gasteiger partial charge in [-0.1, -0.05) is 11.6 Å². The number of nitrogens with zero attached hydrogens (tertiary/aromatic N) is 3. The van der Waals surface area contributed by atoms with Crippen LogP contribution in [0.25, 0.3) is 16.9 Å². The number of aryl methyl sites for hydroxylation is 2. The van der Waals surface area contributed by atoms with Gasteiger partial charge in [0, 0.05) is 13.1 Å². The Labute approximate surface area is 122 Å². The first-order valence-electron chi connectivity index (χ1n) is 5.69. The van der Waals surface area contributed by atoms with Crippen LogP contribution in [-0.4, -0.2) is 19.3 Å². The summed E-state index contributed by atoms with van der Waals surface area (Å²) in [5.74, 6) is -1.53. The predicted molar refractivity (Wildman–Crippen MR) is 74.9 cm³/mol. The van der Waals surface area contributed by atoms with Gasteiger partial charge in [-0.15, -0.1) is 0 Å². The second kappa shape index (κ2) is 4.39. The molecule has 0 saturated carbocycles. The fourth-order valence-corrected chi connectivity index (χ4v) is 2.82. The highest BCUT2D eigenvalue weighted by atomic mass is 35.5. The molecule has 0 aliphatic rings. The van der Waals surface area contributed by atoms with Crippen molar-refractivity contribution in [2.24, 2.45) is 7.05 Å². The van der Waals surface area contributed by atoms with Gasteiger partial charge in [0.25, 0.3) is 0 Å². The SMILES string of the molecule is Cc1nn(C)c2c1[nH]c(=S)n2-c1c(F)cc(F)cc1Cl. The maximum atomic E-state index is 14.1. The maximum Gasteiger partial charge on any atom is 0.184 e. The van der Waals surface area contributed by atoms with Crippen LogP contribution in [0.15, 0.2) is 12.1 Å². The van der Waals surface area contributed by atoms with Crippen LogP contribution in [0.3, 0.4) is 0 Å². The van der Waals surface area contributed by atoms with Crippen molar-refractivity contribution in [2.45, 2.75) is 6.92 Å². The van der Waals surface area contributed by atoms with E-state index in [4.69, 9.17) is 23.8 Å². The van der Waals surface area contributed by atoms with E-state index in [1.165, 1.54) is 4.57 Å². The highest BCUT2D eigenvalue weighted by Crippen LogP contribution is 2.29. The Bertz CT molecular complexity index is 870. The zero-order valence-corrected chi connectivity index (χ0v) is 12.1. The van der Waals surface area contributed by atoms with Crippen molar-refractivity contribution in [1.29, 1.82) is 0 Å². The lowest BCUT2D eigenvalue weighted by molar-refractivity contribution is 0.577. The van der Waals surface area contributed by atoms with Crippen molar-refractivity contribution < 1.29 is 8.78 Å². The number of H-pyrrole nitrogens is 1. The van der Waals surface area contributed by atoms with Crippen molar-refractivity contribution in [3.8, 4) is 5.69 Å². The lowest BCUT2D eigenvalue weighted by atomic mass is 10.3. The molecule has 1 N–H and O–H groups in total. The summed E-state index contributed by atoms with van der Waals surface area (Å²) in [6, 6.07) is 1.81. The zero-order chi connectivity index (χ0) is 14.6. The molecule has 1 aromatic carbocycles. The summed E-state index contributed by atoms with van der Waals surface area (Å²) in [4.78, 5) is 2.96. The minimum absolute atomic E-state index is 0.00677. The number of rotatable bonds is 1. The quantitative estimate of drug-likeness (QED) is 0.696. The molecular formula is C12H9ClF2N4S. The molecule has 8 heteroatoms. The molecule has 3 aromatic rings. The first kappa shape index (κ1) is 13.3. The Morgan fingerprint density at radius 2 is 2.05 bits per heavy atom. The number of hydrogen-bond acceptors (Lipinski definition) is 2. The molecule has 0 unspecified atom stereocenters. The Morgan fingerprint density at radius 3 is 2.70 bits per heavy atom. The third-order valence-corrected chi connectivity index (χ3v) is 3.62. The molecule has 0 radical (unpaired) electrons. The summed E-state index contributed by atoms with van der Waals surface area (Å²) in [6.07, 6.45) is 0. The van der Waals surface area contributed by atoms with Gasteiger partial charge in [-0.05, 0) is 25.2 Å². The number of hydrogen-bond donors (Lipinski definition) is 1. The number of aromatic amines is 1. The maximum absolute atomic E-state index is 14.1. The number of nitrogens with one attached hydrogen (secondary N) is 1. The molecule has 20 heavy (non-hydrogen) atoms. The molecule has 0 aliphatic heterocycles. The van der Waals surface area contributed by atoms with Gasteiger partial charge in [0.15, 0.2) is 16.2 Å². The van der Waals surface area contributed by atoms with E-state index in [0.717, 1.165) is 17.8 Å². The molecule has 2 heterocycles. The highest BCUT2D eigenvalue weighted by Gasteiger charge is 2.19. The topological polar surface area (TPSA) is 38.5 Å². The standard InChI is InChI=1S/C12H9ClF2N4S/c1-5-9-11(18(2)17-5)19(12(20)16-9)10-7(13)3-6(14)4-8(10)15/h3-4H,1-2H3,(H,16,20). The van der Waals surface area contributed by atoms with Crippen molar-refractivity contribution in [1.82, 2.24) is 19.3 Å². The largest absolute Gasteiger partial charge is 0.327 e. The molecule has 0 bridgehead atoms. The van der Waals surface area contributed by atoms with Crippen LogP contribution in [0, 0.1) is 23.3 Å². The summed E-state index contributed by atoms with van der Waals surface area (Å²) < 4.78 is 30.5. The normalized spacial score (nSPS) is 11.4. The van der Waals surface area contributed by atoms with Gasteiger partial charge in [0.1, 0.15) is 17.0 Å². The third kappa shape index (κ3) is 1.77. The van der Waals surface area contributed by atoms with Crippen molar-refractivity contribution in [3.05, 3.63) is 39.3 Å². The van der Waals surface area contributed by atoms with Crippen LogP contribution in [-0.2, 0) is 7.05 Å². The lowest BCUT2D eigenvalue weighted by Gasteiger charge is -2.08. The smallest absolute Gasteiger partial charge is 0.184 e. The second-order valence-electron chi connectivity index (χ2n) is 4.39. The van der Waals surface area contributed by atoms with E-state index < -0.39 is 11.6 Å². The Kier molecular flexibility index (Phi) is 2.91. The number of fused-ring (bicyclic) bond motifs is 1. The van der Waals surface area contributed by atoms with Gasteiger partial charge >= 0.3 is 0 Å². The Morgan fingerprint density at radius 1 is 1.35 bits per heavy atom. The van der Waals surface area contributed by atoms with E-state index in [2.05, 4.69) is 10.1 Å². The Hall–Kier alpha value is -1.73. The van der Waals surface area contributed by atoms with Crippen molar-refractivity contribution in [3.63, 3.8) is 0 Å². The van der Waals surface area contributed by atoms with Gasteiger partial charge < -0.3 is 4.98 Å². The minimum Gasteiger partial charge on any atom is -0.327 e. The molecule has 0 saturated heterocycles.